The number of rotatable bonds is 5. The van der Waals surface area contributed by atoms with Crippen LogP contribution in [0.3, 0.4) is 0 Å². The third-order valence-corrected chi connectivity index (χ3v) is 6.78. The van der Waals surface area contributed by atoms with Gasteiger partial charge in [0.2, 0.25) is 10.0 Å². The Hall–Kier alpha value is -1.68. The number of nitrogens with zero attached hydrogens (tertiary/aromatic N) is 1. The van der Waals surface area contributed by atoms with Crippen LogP contribution in [-0.2, 0) is 19.5 Å². The molecule has 1 aromatic rings. The Morgan fingerprint density at radius 1 is 1.17 bits per heavy atom. The summed E-state index contributed by atoms with van der Waals surface area (Å²) >= 11 is 0. The molecule has 0 unspecified atom stereocenters. The number of benzene rings is 1. The molecular formula is C20H30N2O6S. The van der Waals surface area contributed by atoms with Crippen molar-refractivity contribution in [2.45, 2.75) is 50.3 Å². The van der Waals surface area contributed by atoms with E-state index in [0.29, 0.717) is 31.9 Å². The van der Waals surface area contributed by atoms with Crippen LogP contribution in [0.15, 0.2) is 23.1 Å². The van der Waals surface area contributed by atoms with E-state index in [1.807, 2.05) is 0 Å². The van der Waals surface area contributed by atoms with E-state index in [2.05, 4.69) is 4.72 Å². The molecule has 0 radical (unpaired) electrons. The summed E-state index contributed by atoms with van der Waals surface area (Å²) in [6, 6.07) is 4.52. The standard InChI is InChI=1S/C20H30N2O6S/c1-20(2,3)21-29(24,25)17-13-15(5-6-16(17)26-4)18(23)22-9-7-14(8-10-22)19-27-11-12-28-19/h5-6,13-14,19,21H,7-12H2,1-4H3. The van der Waals surface area contributed by atoms with Crippen LogP contribution in [0.1, 0.15) is 44.0 Å². The molecule has 2 aliphatic heterocycles. The van der Waals surface area contributed by atoms with Crippen molar-refractivity contribution in [2.24, 2.45) is 5.92 Å². The molecule has 0 spiro atoms. The van der Waals surface area contributed by atoms with Crippen LogP contribution in [0.2, 0.25) is 0 Å². The molecule has 0 aliphatic carbocycles. The van der Waals surface area contributed by atoms with Gasteiger partial charge in [-0.2, -0.15) is 0 Å². The SMILES string of the molecule is COc1ccc(C(=O)N2CCC(C3OCCO3)CC2)cc1S(=O)(=O)NC(C)(C)C. The van der Waals surface area contributed by atoms with Crippen LogP contribution in [0, 0.1) is 5.92 Å². The van der Waals surface area contributed by atoms with Crippen LogP contribution >= 0.6 is 0 Å². The van der Waals surface area contributed by atoms with Gasteiger partial charge in [-0.15, -0.1) is 0 Å². The zero-order valence-electron chi connectivity index (χ0n) is 17.4. The average molecular weight is 427 g/mol. The molecule has 8 nitrogen and oxygen atoms in total. The molecule has 2 saturated heterocycles. The van der Waals surface area contributed by atoms with E-state index in [4.69, 9.17) is 14.2 Å². The molecule has 162 valence electrons. The third kappa shape index (κ3) is 5.28. The van der Waals surface area contributed by atoms with Gasteiger partial charge in [0, 0.05) is 30.1 Å². The first-order chi connectivity index (χ1) is 13.6. The van der Waals surface area contributed by atoms with Gasteiger partial charge in [-0.25, -0.2) is 13.1 Å². The Bertz CT molecular complexity index is 835. The van der Waals surface area contributed by atoms with Crippen molar-refractivity contribution < 1.29 is 27.4 Å². The minimum absolute atomic E-state index is 0.0385. The number of carbonyl (C=O) groups excluding carboxylic acids is 1. The molecular weight excluding hydrogens is 396 g/mol. The topological polar surface area (TPSA) is 94.2 Å². The highest BCUT2D eigenvalue weighted by molar-refractivity contribution is 7.89. The van der Waals surface area contributed by atoms with E-state index in [-0.39, 0.29) is 28.8 Å². The average Bonchev–Trinajstić information content (AvgIpc) is 3.20. The van der Waals surface area contributed by atoms with Gasteiger partial charge in [0.1, 0.15) is 10.6 Å². The Morgan fingerprint density at radius 2 is 1.79 bits per heavy atom. The van der Waals surface area contributed by atoms with E-state index >= 15 is 0 Å². The second-order valence-electron chi connectivity index (χ2n) is 8.46. The number of methoxy groups -OCH3 is 1. The zero-order chi connectivity index (χ0) is 21.2. The van der Waals surface area contributed by atoms with Crippen LogP contribution < -0.4 is 9.46 Å². The molecule has 1 aromatic carbocycles. The van der Waals surface area contributed by atoms with Gasteiger partial charge in [-0.3, -0.25) is 4.79 Å². The highest BCUT2D eigenvalue weighted by Gasteiger charge is 2.33. The van der Waals surface area contributed by atoms with Gasteiger partial charge in [0.25, 0.3) is 5.91 Å². The fourth-order valence-electron chi connectivity index (χ4n) is 3.68. The van der Waals surface area contributed by atoms with Crippen molar-refractivity contribution in [3.8, 4) is 5.75 Å². The van der Waals surface area contributed by atoms with Gasteiger partial charge in [0.05, 0.1) is 20.3 Å². The summed E-state index contributed by atoms with van der Waals surface area (Å²) in [4.78, 5) is 14.7. The fraction of sp³-hybridized carbons (Fsp3) is 0.650. The number of nitrogens with one attached hydrogen (secondary N) is 1. The molecule has 9 heteroatoms. The van der Waals surface area contributed by atoms with Crippen molar-refractivity contribution in [3.63, 3.8) is 0 Å². The van der Waals surface area contributed by atoms with E-state index in [9.17, 15) is 13.2 Å². The second-order valence-corrected chi connectivity index (χ2v) is 10.1. The first-order valence-electron chi connectivity index (χ1n) is 9.85. The molecule has 29 heavy (non-hydrogen) atoms. The highest BCUT2D eigenvalue weighted by Crippen LogP contribution is 2.29. The lowest BCUT2D eigenvalue weighted by atomic mass is 9.95. The lowest BCUT2D eigenvalue weighted by Crippen LogP contribution is -2.42. The van der Waals surface area contributed by atoms with Crippen molar-refractivity contribution in [3.05, 3.63) is 23.8 Å². The summed E-state index contributed by atoms with van der Waals surface area (Å²) < 4.78 is 44.6. The normalized spacial score (nSPS) is 19.5. The van der Waals surface area contributed by atoms with Gasteiger partial charge in [-0.1, -0.05) is 0 Å². The predicted molar refractivity (Wildman–Crippen MR) is 107 cm³/mol. The summed E-state index contributed by atoms with van der Waals surface area (Å²) in [5, 5.41) is 0. The summed E-state index contributed by atoms with van der Waals surface area (Å²) in [7, 11) is -2.44. The number of sulfonamides is 1. The summed E-state index contributed by atoms with van der Waals surface area (Å²) in [5.41, 5.74) is -0.331. The van der Waals surface area contributed by atoms with Gasteiger partial charge >= 0.3 is 0 Å². The van der Waals surface area contributed by atoms with Crippen LogP contribution in [-0.4, -0.2) is 64.5 Å². The first kappa shape index (κ1) is 22.0. The zero-order valence-corrected chi connectivity index (χ0v) is 18.3. The molecule has 0 bridgehead atoms. The van der Waals surface area contributed by atoms with Crippen LogP contribution in [0.25, 0.3) is 0 Å². The number of hydrogen-bond acceptors (Lipinski definition) is 6. The number of hydrogen-bond donors (Lipinski definition) is 1. The lowest BCUT2D eigenvalue weighted by Gasteiger charge is -2.34. The minimum Gasteiger partial charge on any atom is -0.495 e. The molecule has 2 heterocycles. The fourth-order valence-corrected chi connectivity index (χ4v) is 5.30. The van der Waals surface area contributed by atoms with Crippen LogP contribution in [0.5, 0.6) is 5.75 Å². The Balaban J connectivity index is 1.76. The van der Waals surface area contributed by atoms with Gasteiger partial charge < -0.3 is 19.1 Å². The molecule has 2 aliphatic rings. The molecule has 1 N–H and O–H groups in total. The summed E-state index contributed by atoms with van der Waals surface area (Å²) in [5.74, 6) is 0.295. The van der Waals surface area contributed by atoms with E-state index in [1.165, 1.54) is 19.2 Å². The van der Waals surface area contributed by atoms with Gasteiger partial charge in [0.15, 0.2) is 6.29 Å². The second kappa shape index (κ2) is 8.59. The largest absolute Gasteiger partial charge is 0.495 e. The van der Waals surface area contributed by atoms with Crippen LogP contribution in [0.4, 0.5) is 0 Å². The Labute approximate surface area is 172 Å². The molecule has 3 rings (SSSR count). The van der Waals surface area contributed by atoms with Crippen molar-refractivity contribution in [2.75, 3.05) is 33.4 Å². The van der Waals surface area contributed by atoms with Crippen molar-refractivity contribution >= 4 is 15.9 Å². The minimum atomic E-state index is -3.85. The van der Waals surface area contributed by atoms with Gasteiger partial charge in [-0.05, 0) is 51.8 Å². The first-order valence-corrected chi connectivity index (χ1v) is 11.3. The predicted octanol–water partition coefficient (Wildman–Crippen LogP) is 2.00. The lowest BCUT2D eigenvalue weighted by molar-refractivity contribution is -0.0956. The maximum Gasteiger partial charge on any atom is 0.253 e. The maximum atomic E-state index is 13.0. The molecule has 0 aromatic heterocycles. The smallest absolute Gasteiger partial charge is 0.253 e. The van der Waals surface area contributed by atoms with E-state index in [1.54, 1.807) is 31.7 Å². The van der Waals surface area contributed by atoms with Crippen molar-refractivity contribution in [1.82, 2.24) is 9.62 Å². The molecule has 0 atom stereocenters. The quantitative estimate of drug-likeness (QED) is 0.774. The highest BCUT2D eigenvalue weighted by atomic mass is 32.2. The number of carbonyl (C=O) groups is 1. The number of piperidine rings is 1. The summed E-state index contributed by atoms with van der Waals surface area (Å²) in [6.07, 6.45) is 1.42. The molecule has 2 fully saturated rings. The molecule has 0 saturated carbocycles. The molecule has 1 amide bonds. The van der Waals surface area contributed by atoms with Crippen molar-refractivity contribution in [1.29, 1.82) is 0 Å². The Kier molecular flexibility index (Phi) is 6.52. The number of ether oxygens (including phenoxy) is 3. The van der Waals surface area contributed by atoms with E-state index in [0.717, 1.165) is 12.8 Å². The maximum absolute atomic E-state index is 13.0. The summed E-state index contributed by atoms with van der Waals surface area (Å²) in [6.45, 7) is 7.68. The number of likely N-dealkylation sites (tertiary alicyclic amines) is 1. The number of amides is 1. The third-order valence-electron chi connectivity index (χ3n) is 5.00. The Morgan fingerprint density at radius 3 is 2.34 bits per heavy atom. The van der Waals surface area contributed by atoms with E-state index < -0.39 is 15.6 Å². The monoisotopic (exact) mass is 426 g/mol.